The molecular weight excluding hydrogens is 324 g/mol. The molecule has 1 N–H and O–H groups in total. The molecule has 2 aliphatic carbocycles. The molecule has 2 saturated carbocycles. The van der Waals surface area contributed by atoms with Crippen molar-refractivity contribution in [1.29, 1.82) is 0 Å². The molecule has 3 rings (SSSR count). The van der Waals surface area contributed by atoms with Crippen molar-refractivity contribution in [3.63, 3.8) is 0 Å². The van der Waals surface area contributed by atoms with Gasteiger partial charge >= 0.3 is 0 Å². The van der Waals surface area contributed by atoms with Gasteiger partial charge in [-0.3, -0.25) is 0 Å². The summed E-state index contributed by atoms with van der Waals surface area (Å²) in [5.41, 5.74) is 0.943. The van der Waals surface area contributed by atoms with Gasteiger partial charge in [-0.15, -0.1) is 0 Å². The fourth-order valence-electron chi connectivity index (χ4n) is 6.80. The van der Waals surface area contributed by atoms with Crippen LogP contribution in [0.15, 0.2) is 11.6 Å². The number of fused-ring (bicyclic) bond motifs is 2. The van der Waals surface area contributed by atoms with Crippen LogP contribution in [0.2, 0.25) is 0 Å². The first kappa shape index (κ1) is 20.4. The third-order valence-electron chi connectivity index (χ3n) is 8.06. The molecule has 3 aliphatic rings. The van der Waals surface area contributed by atoms with Crippen LogP contribution in [0.1, 0.15) is 87.5 Å². The third-order valence-corrected chi connectivity index (χ3v) is 8.06. The Balaban J connectivity index is 1.96. The maximum absolute atomic E-state index is 11.3. The van der Waals surface area contributed by atoms with E-state index in [4.69, 9.17) is 9.47 Å². The summed E-state index contributed by atoms with van der Waals surface area (Å²) in [4.78, 5) is 0. The second-order valence-corrected chi connectivity index (χ2v) is 10.8. The van der Waals surface area contributed by atoms with Gasteiger partial charge in [-0.2, -0.15) is 0 Å². The van der Waals surface area contributed by atoms with E-state index in [9.17, 15) is 5.11 Å². The predicted molar refractivity (Wildman–Crippen MR) is 106 cm³/mol. The Kier molecular flexibility index (Phi) is 4.95. The summed E-state index contributed by atoms with van der Waals surface area (Å²) in [5.74, 6) is 0.330. The van der Waals surface area contributed by atoms with Crippen LogP contribution >= 0.6 is 0 Å². The maximum Gasteiger partial charge on any atom is 0.163 e. The van der Waals surface area contributed by atoms with Crippen LogP contribution in [0.25, 0.3) is 0 Å². The zero-order chi connectivity index (χ0) is 19.5. The van der Waals surface area contributed by atoms with Gasteiger partial charge in [-0.25, -0.2) is 0 Å². The van der Waals surface area contributed by atoms with E-state index < -0.39 is 11.4 Å². The fraction of sp³-hybridized carbons (Fsp3) is 0.913. The zero-order valence-electron chi connectivity index (χ0n) is 18.2. The Morgan fingerprint density at radius 1 is 1.12 bits per heavy atom. The topological polar surface area (TPSA) is 38.7 Å². The number of hydrogen-bond donors (Lipinski definition) is 1. The average Bonchev–Trinajstić information content (AvgIpc) is 2.80. The Labute approximate surface area is 160 Å². The van der Waals surface area contributed by atoms with Gasteiger partial charge in [-0.1, -0.05) is 32.4 Å². The van der Waals surface area contributed by atoms with E-state index in [1.54, 1.807) is 0 Å². The van der Waals surface area contributed by atoms with Crippen LogP contribution in [0, 0.1) is 22.7 Å². The lowest BCUT2D eigenvalue weighted by molar-refractivity contribution is -0.205. The molecule has 3 nitrogen and oxygen atoms in total. The monoisotopic (exact) mass is 364 g/mol. The largest absolute Gasteiger partial charge is 0.390 e. The molecule has 3 heteroatoms. The standard InChI is InChI=1S/C23H40O3/c1-9-15(2)10-11-18-22(7)14-16-19(26-21(5,6)25-16)20(3,4)17(22)12-13-23(18,8)24/h9,16-19,24H,10-14H2,1-8H3/b15-9+/t16-,17?,18+,19-,22-,23+/m0/s1. The first-order chi connectivity index (χ1) is 11.8. The van der Waals surface area contributed by atoms with Gasteiger partial charge in [0.1, 0.15) is 0 Å². The predicted octanol–water partition coefficient (Wildman–Crippen LogP) is 5.47. The molecule has 1 saturated heterocycles. The van der Waals surface area contributed by atoms with Crippen molar-refractivity contribution >= 4 is 0 Å². The highest BCUT2D eigenvalue weighted by molar-refractivity contribution is 5.14. The highest BCUT2D eigenvalue weighted by Gasteiger charge is 2.65. The molecule has 1 heterocycles. The fourth-order valence-corrected chi connectivity index (χ4v) is 6.80. The second kappa shape index (κ2) is 6.32. The van der Waals surface area contributed by atoms with Crippen molar-refractivity contribution in [2.24, 2.45) is 22.7 Å². The van der Waals surface area contributed by atoms with Crippen LogP contribution in [-0.4, -0.2) is 28.7 Å². The molecule has 0 amide bonds. The Morgan fingerprint density at radius 3 is 2.38 bits per heavy atom. The molecular formula is C23H40O3. The average molecular weight is 365 g/mol. The van der Waals surface area contributed by atoms with Crippen LogP contribution in [0.3, 0.4) is 0 Å². The first-order valence-electron chi connectivity index (χ1n) is 10.5. The second-order valence-electron chi connectivity index (χ2n) is 10.8. The summed E-state index contributed by atoms with van der Waals surface area (Å²) in [6, 6.07) is 0. The molecule has 150 valence electrons. The molecule has 26 heavy (non-hydrogen) atoms. The van der Waals surface area contributed by atoms with E-state index in [1.165, 1.54) is 5.57 Å². The highest BCUT2D eigenvalue weighted by atomic mass is 16.8. The lowest BCUT2D eigenvalue weighted by Crippen LogP contribution is -2.63. The van der Waals surface area contributed by atoms with Crippen molar-refractivity contribution in [2.45, 2.75) is 111 Å². The molecule has 1 unspecified atom stereocenters. The van der Waals surface area contributed by atoms with Crippen molar-refractivity contribution < 1.29 is 14.6 Å². The van der Waals surface area contributed by atoms with E-state index in [1.807, 2.05) is 13.8 Å². The van der Waals surface area contributed by atoms with Crippen molar-refractivity contribution in [3.8, 4) is 0 Å². The molecule has 0 aromatic carbocycles. The van der Waals surface area contributed by atoms with E-state index in [-0.39, 0.29) is 29.0 Å². The lowest BCUT2D eigenvalue weighted by Gasteiger charge is -2.63. The van der Waals surface area contributed by atoms with Gasteiger partial charge in [-0.05, 0) is 89.4 Å². The minimum atomic E-state index is -0.600. The minimum absolute atomic E-state index is 0.0514. The van der Waals surface area contributed by atoms with Gasteiger partial charge in [0, 0.05) is 0 Å². The Bertz CT molecular complexity index is 574. The minimum Gasteiger partial charge on any atom is -0.390 e. The van der Waals surface area contributed by atoms with E-state index in [0.717, 1.165) is 32.1 Å². The Morgan fingerprint density at radius 2 is 1.77 bits per heavy atom. The number of rotatable bonds is 3. The third kappa shape index (κ3) is 3.18. The van der Waals surface area contributed by atoms with Crippen molar-refractivity contribution in [2.75, 3.05) is 0 Å². The summed E-state index contributed by atoms with van der Waals surface area (Å²) in [7, 11) is 0. The maximum atomic E-state index is 11.3. The first-order valence-corrected chi connectivity index (χ1v) is 10.5. The van der Waals surface area contributed by atoms with Crippen LogP contribution < -0.4 is 0 Å². The smallest absolute Gasteiger partial charge is 0.163 e. The summed E-state index contributed by atoms with van der Waals surface area (Å²) >= 11 is 0. The zero-order valence-corrected chi connectivity index (χ0v) is 18.2. The van der Waals surface area contributed by atoms with E-state index in [0.29, 0.717) is 5.92 Å². The Hall–Kier alpha value is -0.380. The molecule has 6 atom stereocenters. The van der Waals surface area contributed by atoms with Crippen LogP contribution in [0.5, 0.6) is 0 Å². The molecule has 0 spiro atoms. The summed E-state index contributed by atoms with van der Waals surface area (Å²) < 4.78 is 12.7. The molecule has 3 fully saturated rings. The number of ether oxygens (including phenoxy) is 2. The summed E-state index contributed by atoms with van der Waals surface area (Å²) in [6.07, 6.45) is 7.54. The molecule has 0 bridgehead atoms. The van der Waals surface area contributed by atoms with Crippen molar-refractivity contribution in [3.05, 3.63) is 11.6 Å². The molecule has 1 aliphatic heterocycles. The van der Waals surface area contributed by atoms with Gasteiger partial charge < -0.3 is 14.6 Å². The highest BCUT2D eigenvalue weighted by Crippen LogP contribution is 2.65. The van der Waals surface area contributed by atoms with E-state index >= 15 is 0 Å². The van der Waals surface area contributed by atoms with Crippen LogP contribution in [-0.2, 0) is 9.47 Å². The van der Waals surface area contributed by atoms with E-state index in [2.05, 4.69) is 47.6 Å². The van der Waals surface area contributed by atoms with Gasteiger partial charge in [0.15, 0.2) is 5.79 Å². The summed E-state index contributed by atoms with van der Waals surface area (Å²) in [6.45, 7) is 17.6. The number of allylic oxidation sites excluding steroid dienone is 2. The molecule has 0 aromatic heterocycles. The van der Waals surface area contributed by atoms with Crippen molar-refractivity contribution in [1.82, 2.24) is 0 Å². The van der Waals surface area contributed by atoms with Gasteiger partial charge in [0.25, 0.3) is 0 Å². The SMILES string of the molecule is C/C=C(\C)CC[C@@H]1[C@@]2(C)C[C@@H]3OC(C)(C)O[C@@H]3C(C)(C)C2CC[C@@]1(C)O. The van der Waals surface area contributed by atoms with Gasteiger partial charge in [0.2, 0.25) is 0 Å². The number of aliphatic hydroxyl groups is 1. The van der Waals surface area contributed by atoms with Crippen LogP contribution in [0.4, 0.5) is 0 Å². The lowest BCUT2D eigenvalue weighted by atomic mass is 9.44. The normalized spacial score (nSPS) is 47.3. The summed E-state index contributed by atoms with van der Waals surface area (Å²) in [5, 5.41) is 11.3. The molecule has 0 aromatic rings. The number of hydrogen-bond acceptors (Lipinski definition) is 3. The quantitative estimate of drug-likeness (QED) is 0.675. The van der Waals surface area contributed by atoms with Gasteiger partial charge in [0.05, 0.1) is 17.8 Å². The molecule has 0 radical (unpaired) electrons.